The summed E-state index contributed by atoms with van der Waals surface area (Å²) in [5.41, 5.74) is 0.929. The summed E-state index contributed by atoms with van der Waals surface area (Å²) in [5.74, 6) is -0.367. The molecule has 0 spiro atoms. The first-order chi connectivity index (χ1) is 14.8. The van der Waals surface area contributed by atoms with Crippen molar-refractivity contribution in [3.63, 3.8) is 0 Å². The number of ether oxygens (including phenoxy) is 2. The van der Waals surface area contributed by atoms with E-state index in [2.05, 4.69) is 31.4 Å². The lowest BCUT2D eigenvalue weighted by Crippen LogP contribution is -2.16. The van der Waals surface area contributed by atoms with Crippen LogP contribution >= 0.6 is 27.7 Å². The van der Waals surface area contributed by atoms with E-state index in [-0.39, 0.29) is 22.5 Å². The number of carbonyl (C=O) groups excluding carboxylic acids is 1. The van der Waals surface area contributed by atoms with Gasteiger partial charge in [-0.2, -0.15) is 0 Å². The Morgan fingerprint density at radius 3 is 2.71 bits per heavy atom. The van der Waals surface area contributed by atoms with Crippen molar-refractivity contribution in [1.29, 1.82) is 0 Å². The zero-order chi connectivity index (χ0) is 22.5. The molecule has 0 saturated heterocycles. The second kappa shape index (κ2) is 10.1. The number of amides is 1. The van der Waals surface area contributed by atoms with E-state index < -0.39 is 17.5 Å². The summed E-state index contributed by atoms with van der Waals surface area (Å²) in [5, 5.41) is 11.1. The molecule has 0 fully saturated rings. The molecule has 3 rings (SSSR count). The number of methoxy groups -OCH3 is 1. The van der Waals surface area contributed by atoms with E-state index in [1.807, 2.05) is 25.1 Å². The van der Waals surface area contributed by atoms with Crippen molar-refractivity contribution >= 4 is 39.3 Å². The minimum atomic E-state index is -0.866. The highest BCUT2D eigenvalue weighted by atomic mass is 79.9. The normalized spacial score (nSPS) is 10.8. The van der Waals surface area contributed by atoms with Crippen molar-refractivity contribution < 1.29 is 23.0 Å². The van der Waals surface area contributed by atoms with Crippen LogP contribution in [-0.4, -0.2) is 33.5 Å². The van der Waals surface area contributed by atoms with Gasteiger partial charge in [0.05, 0.1) is 18.6 Å². The predicted octanol–water partition coefficient (Wildman–Crippen LogP) is 4.48. The summed E-state index contributed by atoms with van der Waals surface area (Å²) in [6.45, 7) is 2.11. The van der Waals surface area contributed by atoms with Gasteiger partial charge in [0.1, 0.15) is 12.4 Å². The Balaban J connectivity index is 1.59. The van der Waals surface area contributed by atoms with Gasteiger partial charge in [0.25, 0.3) is 0 Å². The standard InChI is InChI=1S/C20H19BrF2N4O3S/c1-11-4-5-15(16(6-11)29-3)30-9-17-25-26-20(27(17)2)31-10-18(28)24-19-13(21)7-12(22)8-14(19)23/h4-8H,9-10H2,1-3H3,(H,24,28). The Labute approximate surface area is 190 Å². The number of nitrogens with zero attached hydrogens (tertiary/aromatic N) is 3. The van der Waals surface area contributed by atoms with Crippen molar-refractivity contribution in [3.8, 4) is 11.5 Å². The van der Waals surface area contributed by atoms with Gasteiger partial charge in [-0.1, -0.05) is 17.8 Å². The number of aryl methyl sites for hydroxylation is 1. The number of nitrogens with one attached hydrogen (secondary N) is 1. The van der Waals surface area contributed by atoms with Crippen molar-refractivity contribution in [3.05, 3.63) is 57.8 Å². The number of aromatic nitrogens is 3. The molecule has 1 heterocycles. The molecule has 11 heteroatoms. The Morgan fingerprint density at radius 2 is 2.00 bits per heavy atom. The van der Waals surface area contributed by atoms with Gasteiger partial charge < -0.3 is 19.4 Å². The van der Waals surface area contributed by atoms with E-state index in [0.717, 1.165) is 23.4 Å². The molecule has 7 nitrogen and oxygen atoms in total. The maximum absolute atomic E-state index is 13.9. The monoisotopic (exact) mass is 512 g/mol. The lowest BCUT2D eigenvalue weighted by Gasteiger charge is -2.11. The van der Waals surface area contributed by atoms with Gasteiger partial charge in [-0.05, 0) is 46.6 Å². The predicted molar refractivity (Wildman–Crippen MR) is 116 cm³/mol. The van der Waals surface area contributed by atoms with Crippen molar-refractivity contribution in [2.24, 2.45) is 7.05 Å². The highest BCUT2D eigenvalue weighted by molar-refractivity contribution is 9.10. The number of benzene rings is 2. The van der Waals surface area contributed by atoms with Crippen LogP contribution in [0.15, 0.2) is 40.0 Å². The van der Waals surface area contributed by atoms with Crippen LogP contribution in [0.3, 0.4) is 0 Å². The van der Waals surface area contributed by atoms with Crippen molar-refractivity contribution in [2.75, 3.05) is 18.2 Å². The molecular formula is C20H19BrF2N4O3S. The fourth-order valence-electron chi connectivity index (χ4n) is 2.60. The van der Waals surface area contributed by atoms with E-state index in [1.165, 1.54) is 0 Å². The first-order valence-corrected chi connectivity index (χ1v) is 10.8. The molecule has 1 amide bonds. The highest BCUT2D eigenvalue weighted by Crippen LogP contribution is 2.29. The van der Waals surface area contributed by atoms with Gasteiger partial charge >= 0.3 is 0 Å². The molecule has 0 bridgehead atoms. The number of halogens is 3. The van der Waals surface area contributed by atoms with Crippen LogP contribution in [0.5, 0.6) is 11.5 Å². The van der Waals surface area contributed by atoms with Crippen LogP contribution in [0.2, 0.25) is 0 Å². The van der Waals surface area contributed by atoms with E-state index in [9.17, 15) is 13.6 Å². The number of hydrogen-bond acceptors (Lipinski definition) is 6. The maximum atomic E-state index is 13.9. The molecule has 1 N–H and O–H groups in total. The Hall–Kier alpha value is -2.66. The number of thioether (sulfide) groups is 1. The first-order valence-electron chi connectivity index (χ1n) is 9.01. The third-order valence-electron chi connectivity index (χ3n) is 4.20. The largest absolute Gasteiger partial charge is 0.493 e. The summed E-state index contributed by atoms with van der Waals surface area (Å²) >= 11 is 4.16. The molecule has 31 heavy (non-hydrogen) atoms. The molecule has 0 saturated carbocycles. The number of rotatable bonds is 8. The summed E-state index contributed by atoms with van der Waals surface area (Å²) in [6, 6.07) is 7.37. The summed E-state index contributed by atoms with van der Waals surface area (Å²) in [4.78, 5) is 12.2. The minimum absolute atomic E-state index is 0.0398. The van der Waals surface area contributed by atoms with Crippen molar-refractivity contribution in [1.82, 2.24) is 14.8 Å². The van der Waals surface area contributed by atoms with Crippen LogP contribution in [0, 0.1) is 18.6 Å². The lowest BCUT2D eigenvalue weighted by molar-refractivity contribution is -0.113. The summed E-state index contributed by atoms with van der Waals surface area (Å²) in [7, 11) is 3.32. The Kier molecular flexibility index (Phi) is 7.50. The second-order valence-electron chi connectivity index (χ2n) is 6.48. The molecule has 0 radical (unpaired) electrons. The number of anilines is 1. The van der Waals surface area contributed by atoms with Crippen LogP contribution < -0.4 is 14.8 Å². The second-order valence-corrected chi connectivity index (χ2v) is 8.28. The zero-order valence-electron chi connectivity index (χ0n) is 16.9. The first kappa shape index (κ1) is 23.0. The van der Waals surface area contributed by atoms with Crippen molar-refractivity contribution in [2.45, 2.75) is 18.7 Å². The molecule has 1 aromatic heterocycles. The fraction of sp³-hybridized carbons (Fsp3) is 0.250. The molecule has 0 aliphatic heterocycles. The van der Waals surface area contributed by atoms with Gasteiger partial charge in [0.15, 0.2) is 28.3 Å². The van der Waals surface area contributed by atoms with Gasteiger partial charge in [-0.15, -0.1) is 10.2 Å². The minimum Gasteiger partial charge on any atom is -0.493 e. The summed E-state index contributed by atoms with van der Waals surface area (Å²) < 4.78 is 40.0. The van der Waals surface area contributed by atoms with E-state index in [4.69, 9.17) is 9.47 Å². The van der Waals surface area contributed by atoms with E-state index >= 15 is 0 Å². The average molecular weight is 513 g/mol. The smallest absolute Gasteiger partial charge is 0.234 e. The van der Waals surface area contributed by atoms with Crippen LogP contribution in [0.25, 0.3) is 0 Å². The fourth-order valence-corrected chi connectivity index (χ4v) is 3.84. The van der Waals surface area contributed by atoms with E-state index in [1.54, 1.807) is 18.7 Å². The molecule has 0 unspecified atom stereocenters. The third kappa shape index (κ3) is 5.73. The Morgan fingerprint density at radius 1 is 1.23 bits per heavy atom. The number of hydrogen-bond donors (Lipinski definition) is 1. The molecule has 0 aliphatic rings. The quantitative estimate of drug-likeness (QED) is 0.448. The van der Waals surface area contributed by atoms with E-state index in [0.29, 0.717) is 28.5 Å². The topological polar surface area (TPSA) is 78.3 Å². The Bertz CT molecular complexity index is 1090. The maximum Gasteiger partial charge on any atom is 0.234 e. The lowest BCUT2D eigenvalue weighted by atomic mass is 10.2. The van der Waals surface area contributed by atoms with Gasteiger partial charge in [-0.3, -0.25) is 4.79 Å². The van der Waals surface area contributed by atoms with Gasteiger partial charge in [0.2, 0.25) is 5.91 Å². The number of carbonyl (C=O) groups is 1. The summed E-state index contributed by atoms with van der Waals surface area (Å²) in [6.07, 6.45) is 0. The molecular weight excluding hydrogens is 494 g/mol. The van der Waals surface area contributed by atoms with Gasteiger partial charge in [0, 0.05) is 17.6 Å². The molecule has 0 atom stereocenters. The third-order valence-corrected chi connectivity index (χ3v) is 5.85. The van der Waals surface area contributed by atoms with Crippen LogP contribution in [-0.2, 0) is 18.4 Å². The zero-order valence-corrected chi connectivity index (χ0v) is 19.3. The molecule has 3 aromatic rings. The molecule has 0 aliphatic carbocycles. The molecule has 2 aromatic carbocycles. The van der Waals surface area contributed by atoms with Crippen LogP contribution in [0.4, 0.5) is 14.5 Å². The van der Waals surface area contributed by atoms with Crippen LogP contribution in [0.1, 0.15) is 11.4 Å². The SMILES string of the molecule is COc1cc(C)ccc1OCc1nnc(SCC(=O)Nc2c(F)cc(F)cc2Br)n1C. The molecule has 164 valence electrons. The highest BCUT2D eigenvalue weighted by Gasteiger charge is 2.16. The van der Waals surface area contributed by atoms with Gasteiger partial charge in [-0.25, -0.2) is 8.78 Å². The average Bonchev–Trinajstić information content (AvgIpc) is 3.07.